The third-order valence-corrected chi connectivity index (χ3v) is 2.84. The number of rotatable bonds is 4. The number of carbonyl (C=O) groups is 1. The Hall–Kier alpha value is -0.890. The number of pyridine rings is 1. The van der Waals surface area contributed by atoms with E-state index >= 15 is 0 Å². The minimum atomic E-state index is -0.298. The number of aliphatic hydroxyl groups excluding tert-OH is 1. The van der Waals surface area contributed by atoms with Crippen molar-refractivity contribution in [3.63, 3.8) is 0 Å². The number of amides is 1. The average molecular weight is 336 g/mol. The molecule has 0 spiro atoms. The summed E-state index contributed by atoms with van der Waals surface area (Å²) in [5.41, 5.74) is 0.394. The molecule has 0 aliphatic heterocycles. The third kappa shape index (κ3) is 3.05. The van der Waals surface area contributed by atoms with Crippen LogP contribution in [0.25, 0.3) is 0 Å². The smallest absolute Gasteiger partial charge is 0.258 e. The van der Waals surface area contributed by atoms with Crippen molar-refractivity contribution in [2.75, 3.05) is 13.7 Å². The SMILES string of the molecule is COc1nccc(I)c1C(=O)NC(C)CO. The zero-order valence-electron chi connectivity index (χ0n) is 9.03. The first-order chi connectivity index (χ1) is 7.60. The molecule has 0 aliphatic rings. The zero-order valence-corrected chi connectivity index (χ0v) is 11.2. The molecule has 5 nitrogen and oxygen atoms in total. The van der Waals surface area contributed by atoms with Crippen LogP contribution in [-0.2, 0) is 0 Å². The molecule has 0 bridgehead atoms. The highest BCUT2D eigenvalue weighted by Crippen LogP contribution is 2.20. The maximum absolute atomic E-state index is 11.9. The monoisotopic (exact) mass is 336 g/mol. The van der Waals surface area contributed by atoms with Gasteiger partial charge in [0.25, 0.3) is 5.91 Å². The van der Waals surface area contributed by atoms with Crippen molar-refractivity contribution in [2.45, 2.75) is 13.0 Å². The van der Waals surface area contributed by atoms with E-state index in [1.165, 1.54) is 7.11 Å². The number of nitrogens with zero attached hydrogens (tertiary/aromatic N) is 1. The fraction of sp³-hybridized carbons (Fsp3) is 0.400. The molecule has 1 rings (SSSR count). The van der Waals surface area contributed by atoms with Gasteiger partial charge in [0.2, 0.25) is 5.88 Å². The van der Waals surface area contributed by atoms with Crippen molar-refractivity contribution in [3.05, 3.63) is 21.4 Å². The van der Waals surface area contributed by atoms with Crippen LogP contribution in [0, 0.1) is 3.57 Å². The Morgan fingerprint density at radius 2 is 2.44 bits per heavy atom. The van der Waals surface area contributed by atoms with Crippen LogP contribution in [0.4, 0.5) is 0 Å². The van der Waals surface area contributed by atoms with Gasteiger partial charge in [0, 0.05) is 15.8 Å². The van der Waals surface area contributed by atoms with Gasteiger partial charge in [0.05, 0.1) is 13.7 Å². The van der Waals surface area contributed by atoms with Crippen LogP contribution in [0.3, 0.4) is 0 Å². The second-order valence-electron chi connectivity index (χ2n) is 3.23. The Kier molecular flexibility index (Phi) is 4.94. The molecule has 0 saturated carbocycles. The average Bonchev–Trinajstić information content (AvgIpc) is 2.28. The lowest BCUT2D eigenvalue weighted by atomic mass is 10.2. The molecule has 0 radical (unpaired) electrons. The summed E-state index contributed by atoms with van der Waals surface area (Å²) in [6, 6.07) is 1.43. The quantitative estimate of drug-likeness (QED) is 0.798. The molecule has 0 fully saturated rings. The maximum atomic E-state index is 11.9. The van der Waals surface area contributed by atoms with Crippen LogP contribution in [0.2, 0.25) is 0 Å². The van der Waals surface area contributed by atoms with Gasteiger partial charge in [-0.05, 0) is 35.6 Å². The fourth-order valence-electron chi connectivity index (χ4n) is 1.12. The Labute approximate surface area is 107 Å². The summed E-state index contributed by atoms with van der Waals surface area (Å²) in [5.74, 6) is -0.00885. The molecule has 1 aromatic heterocycles. The van der Waals surface area contributed by atoms with Crippen molar-refractivity contribution in [3.8, 4) is 5.88 Å². The Morgan fingerprint density at radius 3 is 3.00 bits per heavy atom. The lowest BCUT2D eigenvalue weighted by Crippen LogP contribution is -2.35. The lowest BCUT2D eigenvalue weighted by molar-refractivity contribution is 0.0917. The number of aliphatic hydroxyl groups is 1. The topological polar surface area (TPSA) is 71.5 Å². The van der Waals surface area contributed by atoms with E-state index in [0.717, 1.165) is 3.57 Å². The van der Waals surface area contributed by atoms with Crippen LogP contribution >= 0.6 is 22.6 Å². The molecule has 2 N–H and O–H groups in total. The molecule has 1 atom stereocenters. The summed E-state index contributed by atoms with van der Waals surface area (Å²) < 4.78 is 5.78. The van der Waals surface area contributed by atoms with Crippen molar-refractivity contribution in [1.82, 2.24) is 10.3 Å². The van der Waals surface area contributed by atoms with Gasteiger partial charge in [-0.25, -0.2) is 4.98 Å². The van der Waals surface area contributed by atoms with Crippen LogP contribution in [0.1, 0.15) is 17.3 Å². The van der Waals surface area contributed by atoms with Gasteiger partial charge in [0.1, 0.15) is 5.56 Å². The lowest BCUT2D eigenvalue weighted by Gasteiger charge is -2.13. The highest BCUT2D eigenvalue weighted by atomic mass is 127. The second-order valence-corrected chi connectivity index (χ2v) is 4.40. The van der Waals surface area contributed by atoms with Gasteiger partial charge >= 0.3 is 0 Å². The molecule has 0 aliphatic carbocycles. The summed E-state index contributed by atoms with van der Waals surface area (Å²) in [6.45, 7) is 1.61. The number of halogens is 1. The van der Waals surface area contributed by atoms with E-state index in [9.17, 15) is 4.79 Å². The van der Waals surface area contributed by atoms with E-state index in [0.29, 0.717) is 5.56 Å². The third-order valence-electron chi connectivity index (χ3n) is 1.94. The Balaban J connectivity index is 2.98. The normalized spacial score (nSPS) is 12.0. The van der Waals surface area contributed by atoms with Crippen molar-refractivity contribution in [1.29, 1.82) is 0 Å². The highest BCUT2D eigenvalue weighted by Gasteiger charge is 2.18. The summed E-state index contributed by atoms with van der Waals surface area (Å²) in [4.78, 5) is 15.8. The predicted molar refractivity (Wildman–Crippen MR) is 67.5 cm³/mol. The first-order valence-corrected chi connectivity index (χ1v) is 5.78. The second kappa shape index (κ2) is 6.00. The number of methoxy groups -OCH3 is 1. The summed E-state index contributed by atoms with van der Waals surface area (Å²) >= 11 is 2.04. The van der Waals surface area contributed by atoms with Gasteiger partial charge in [-0.1, -0.05) is 0 Å². The molecule has 1 heterocycles. The largest absolute Gasteiger partial charge is 0.480 e. The Morgan fingerprint density at radius 1 is 1.75 bits per heavy atom. The molecular weight excluding hydrogens is 323 g/mol. The summed E-state index contributed by atoms with van der Waals surface area (Å²) in [5, 5.41) is 11.5. The van der Waals surface area contributed by atoms with E-state index in [1.807, 2.05) is 22.6 Å². The number of hydrogen-bond donors (Lipinski definition) is 2. The number of hydrogen-bond acceptors (Lipinski definition) is 4. The first-order valence-electron chi connectivity index (χ1n) is 4.70. The van der Waals surface area contributed by atoms with E-state index in [4.69, 9.17) is 9.84 Å². The van der Waals surface area contributed by atoms with Crippen molar-refractivity contribution >= 4 is 28.5 Å². The molecule has 1 aromatic rings. The molecule has 0 aromatic carbocycles. The van der Waals surface area contributed by atoms with Crippen LogP contribution < -0.4 is 10.1 Å². The molecule has 6 heteroatoms. The van der Waals surface area contributed by atoms with Gasteiger partial charge in [-0.3, -0.25) is 4.79 Å². The van der Waals surface area contributed by atoms with Crippen LogP contribution in [-0.4, -0.2) is 35.8 Å². The number of aromatic nitrogens is 1. The van der Waals surface area contributed by atoms with Gasteiger partial charge in [-0.15, -0.1) is 0 Å². The minimum absolute atomic E-state index is 0.106. The van der Waals surface area contributed by atoms with Crippen LogP contribution in [0.5, 0.6) is 5.88 Å². The van der Waals surface area contributed by atoms with Gasteiger partial charge in [0.15, 0.2) is 0 Å². The van der Waals surface area contributed by atoms with Crippen LogP contribution in [0.15, 0.2) is 12.3 Å². The van der Waals surface area contributed by atoms with Gasteiger partial charge in [-0.2, -0.15) is 0 Å². The van der Waals surface area contributed by atoms with Gasteiger partial charge < -0.3 is 15.2 Å². The number of ether oxygens (including phenoxy) is 1. The molecule has 1 amide bonds. The maximum Gasteiger partial charge on any atom is 0.258 e. The van der Waals surface area contributed by atoms with Crippen molar-refractivity contribution < 1.29 is 14.6 Å². The van der Waals surface area contributed by atoms with Crippen molar-refractivity contribution in [2.24, 2.45) is 0 Å². The zero-order chi connectivity index (χ0) is 12.1. The fourth-order valence-corrected chi connectivity index (χ4v) is 1.76. The highest BCUT2D eigenvalue weighted by molar-refractivity contribution is 14.1. The molecular formula is C10H13IN2O3. The minimum Gasteiger partial charge on any atom is -0.480 e. The number of carbonyl (C=O) groups excluding carboxylic acids is 1. The molecule has 1 unspecified atom stereocenters. The summed E-state index contributed by atoms with van der Waals surface area (Å²) in [6.07, 6.45) is 1.58. The van der Waals surface area contributed by atoms with E-state index < -0.39 is 0 Å². The summed E-state index contributed by atoms with van der Waals surface area (Å²) in [7, 11) is 1.46. The molecule has 88 valence electrons. The number of nitrogens with one attached hydrogen (secondary N) is 1. The van der Waals surface area contributed by atoms with E-state index in [2.05, 4.69) is 10.3 Å². The first kappa shape index (κ1) is 13.2. The predicted octanol–water partition coefficient (Wildman–Crippen LogP) is 0.805. The molecule has 0 saturated heterocycles. The standard InChI is InChI=1S/C10H13IN2O3/c1-6(5-14)13-9(15)8-7(11)3-4-12-10(8)16-2/h3-4,6,14H,5H2,1-2H3,(H,13,15). The van der Waals surface area contributed by atoms with E-state index in [1.54, 1.807) is 19.2 Å². The van der Waals surface area contributed by atoms with E-state index in [-0.39, 0.29) is 24.4 Å². The molecule has 16 heavy (non-hydrogen) atoms. The Bertz CT molecular complexity index is 384.